The molecule has 0 heterocycles. The van der Waals surface area contributed by atoms with Crippen molar-refractivity contribution in [2.75, 3.05) is 6.61 Å². The van der Waals surface area contributed by atoms with Gasteiger partial charge in [-0.1, -0.05) is 29.8 Å². The van der Waals surface area contributed by atoms with Crippen LogP contribution in [0.2, 0.25) is 5.02 Å². The molecule has 1 aromatic rings. The fourth-order valence-corrected chi connectivity index (χ4v) is 1.31. The minimum absolute atomic E-state index is 0.290. The fraction of sp³-hybridized carbons (Fsp3) is 0.250. The first-order valence-corrected chi connectivity index (χ1v) is 5.28. The second kappa shape index (κ2) is 6.18. The number of rotatable bonds is 3. The van der Waals surface area contributed by atoms with Gasteiger partial charge in [-0.3, -0.25) is 0 Å². The quantitative estimate of drug-likeness (QED) is 0.594. The molecule has 1 aromatic carbocycles. The zero-order valence-electron chi connectivity index (χ0n) is 9.20. The minimum Gasteiger partial charge on any atom is -0.434 e. The Hall–Kier alpha value is -1.48. The Bertz CT molecular complexity index is 399. The van der Waals surface area contributed by atoms with E-state index in [9.17, 15) is 4.79 Å². The highest BCUT2D eigenvalue weighted by molar-refractivity contribution is 6.32. The molecule has 0 spiro atoms. The number of hydrogen-bond donors (Lipinski definition) is 0. The van der Waals surface area contributed by atoms with Gasteiger partial charge in [0.1, 0.15) is 5.76 Å². The lowest BCUT2D eigenvalue weighted by Crippen LogP contribution is -2.05. The average Bonchev–Trinajstić information content (AvgIpc) is 2.21. The lowest BCUT2D eigenvalue weighted by atomic mass is 10.2. The molecule has 0 N–H and O–H groups in total. The smallest absolute Gasteiger partial charge is 0.434 e. The predicted molar refractivity (Wildman–Crippen MR) is 63.2 cm³/mol. The molecule has 0 saturated carbocycles. The third kappa shape index (κ3) is 3.95. The van der Waals surface area contributed by atoms with Crippen LogP contribution in [0.1, 0.15) is 19.4 Å². The lowest BCUT2D eigenvalue weighted by molar-refractivity contribution is 0.0826. The van der Waals surface area contributed by atoms with Gasteiger partial charge in [0.25, 0.3) is 0 Å². The van der Waals surface area contributed by atoms with E-state index in [0.29, 0.717) is 10.8 Å². The molecule has 0 amide bonds. The Balaban J connectivity index is 2.70. The largest absolute Gasteiger partial charge is 0.513 e. The van der Waals surface area contributed by atoms with Gasteiger partial charge in [-0.2, -0.15) is 0 Å². The Kier molecular flexibility index (Phi) is 4.86. The summed E-state index contributed by atoms with van der Waals surface area (Å²) in [6.45, 7) is 3.67. The molecular formula is C12H13ClO3. The van der Waals surface area contributed by atoms with Crippen LogP contribution in [0.3, 0.4) is 0 Å². The van der Waals surface area contributed by atoms with Crippen LogP contribution in [-0.4, -0.2) is 12.8 Å². The zero-order chi connectivity index (χ0) is 12.0. The van der Waals surface area contributed by atoms with E-state index in [0.717, 1.165) is 5.56 Å². The van der Waals surface area contributed by atoms with Crippen molar-refractivity contribution in [1.82, 2.24) is 0 Å². The fourth-order valence-electron chi connectivity index (χ4n) is 1.12. The third-order valence-corrected chi connectivity index (χ3v) is 2.11. The van der Waals surface area contributed by atoms with Gasteiger partial charge in [-0.05, 0) is 31.6 Å². The van der Waals surface area contributed by atoms with Gasteiger partial charge >= 0.3 is 6.16 Å². The van der Waals surface area contributed by atoms with Crippen molar-refractivity contribution in [1.29, 1.82) is 0 Å². The zero-order valence-corrected chi connectivity index (χ0v) is 9.95. The van der Waals surface area contributed by atoms with Crippen molar-refractivity contribution >= 4 is 23.8 Å². The monoisotopic (exact) mass is 240 g/mol. The molecule has 0 aliphatic carbocycles. The van der Waals surface area contributed by atoms with Crippen LogP contribution in [0.4, 0.5) is 4.79 Å². The molecule has 0 radical (unpaired) electrons. The van der Waals surface area contributed by atoms with E-state index >= 15 is 0 Å². The summed E-state index contributed by atoms with van der Waals surface area (Å²) >= 11 is 5.95. The summed E-state index contributed by atoms with van der Waals surface area (Å²) in [6, 6.07) is 7.29. The van der Waals surface area contributed by atoms with E-state index in [2.05, 4.69) is 4.74 Å². The average molecular weight is 241 g/mol. The molecular weight excluding hydrogens is 228 g/mol. The van der Waals surface area contributed by atoms with Crippen LogP contribution in [0.5, 0.6) is 0 Å². The van der Waals surface area contributed by atoms with Crippen molar-refractivity contribution in [3.63, 3.8) is 0 Å². The summed E-state index contributed by atoms with van der Waals surface area (Å²) in [5, 5.41) is 0.606. The Morgan fingerprint density at radius 3 is 2.75 bits per heavy atom. The molecule has 0 bridgehead atoms. The summed E-state index contributed by atoms with van der Waals surface area (Å²) in [7, 11) is 0. The summed E-state index contributed by atoms with van der Waals surface area (Å²) in [5.74, 6) is 0.437. The van der Waals surface area contributed by atoms with Gasteiger partial charge in [0.15, 0.2) is 0 Å². The van der Waals surface area contributed by atoms with E-state index in [-0.39, 0.29) is 6.61 Å². The van der Waals surface area contributed by atoms with Crippen molar-refractivity contribution in [3.8, 4) is 0 Å². The van der Waals surface area contributed by atoms with Crippen molar-refractivity contribution in [2.24, 2.45) is 0 Å². The van der Waals surface area contributed by atoms with E-state index in [1.165, 1.54) is 0 Å². The summed E-state index contributed by atoms with van der Waals surface area (Å²) in [4.78, 5) is 11.0. The van der Waals surface area contributed by atoms with Crippen molar-refractivity contribution in [2.45, 2.75) is 13.8 Å². The van der Waals surface area contributed by atoms with Crippen molar-refractivity contribution < 1.29 is 14.3 Å². The first-order valence-electron chi connectivity index (χ1n) is 4.91. The maximum absolute atomic E-state index is 11.0. The molecule has 0 fully saturated rings. The highest BCUT2D eigenvalue weighted by atomic mass is 35.5. The number of hydrogen-bond acceptors (Lipinski definition) is 3. The van der Waals surface area contributed by atoms with Crippen molar-refractivity contribution in [3.05, 3.63) is 40.6 Å². The maximum Gasteiger partial charge on any atom is 0.513 e. The number of carbonyl (C=O) groups is 1. The van der Waals surface area contributed by atoms with Crippen LogP contribution in [0.15, 0.2) is 30.0 Å². The molecule has 1 rings (SSSR count). The molecule has 0 saturated heterocycles. The van der Waals surface area contributed by atoms with Gasteiger partial charge < -0.3 is 9.47 Å². The summed E-state index contributed by atoms with van der Waals surface area (Å²) < 4.78 is 9.54. The standard InChI is InChI=1S/C12H13ClO3/c1-3-15-12(14)16-9(2)8-10-6-4-5-7-11(10)13/h4-8H,3H2,1-2H3. The Morgan fingerprint density at radius 1 is 1.44 bits per heavy atom. The van der Waals surface area contributed by atoms with Gasteiger partial charge in [0.2, 0.25) is 0 Å². The molecule has 3 nitrogen and oxygen atoms in total. The topological polar surface area (TPSA) is 35.5 Å². The predicted octanol–water partition coefficient (Wildman–Crippen LogP) is 3.87. The summed E-state index contributed by atoms with van der Waals surface area (Å²) in [6.07, 6.45) is 0.975. The first kappa shape index (κ1) is 12.6. The molecule has 0 aromatic heterocycles. The SMILES string of the molecule is CCOC(=O)OC(C)=Cc1ccccc1Cl. The maximum atomic E-state index is 11.0. The van der Waals surface area contributed by atoms with Gasteiger partial charge in [-0.15, -0.1) is 0 Å². The molecule has 0 aliphatic heterocycles. The number of carbonyl (C=O) groups excluding carboxylic acids is 1. The van der Waals surface area contributed by atoms with Crippen LogP contribution in [-0.2, 0) is 9.47 Å². The van der Waals surface area contributed by atoms with Crippen LogP contribution in [0.25, 0.3) is 6.08 Å². The van der Waals surface area contributed by atoms with E-state index in [1.54, 1.807) is 26.0 Å². The molecule has 86 valence electrons. The van der Waals surface area contributed by atoms with E-state index < -0.39 is 6.16 Å². The normalized spacial score (nSPS) is 11.1. The second-order valence-corrected chi connectivity index (χ2v) is 3.47. The third-order valence-electron chi connectivity index (χ3n) is 1.77. The second-order valence-electron chi connectivity index (χ2n) is 3.06. The molecule has 4 heteroatoms. The number of ether oxygens (including phenoxy) is 2. The Morgan fingerprint density at radius 2 is 2.12 bits per heavy atom. The van der Waals surface area contributed by atoms with Crippen LogP contribution < -0.4 is 0 Å². The van der Waals surface area contributed by atoms with Crippen LogP contribution in [0, 0.1) is 0 Å². The highest BCUT2D eigenvalue weighted by Crippen LogP contribution is 2.18. The summed E-state index contributed by atoms with van der Waals surface area (Å²) in [5.41, 5.74) is 0.797. The highest BCUT2D eigenvalue weighted by Gasteiger charge is 2.04. The Labute approximate surface area is 99.6 Å². The van der Waals surface area contributed by atoms with Crippen LogP contribution >= 0.6 is 11.6 Å². The van der Waals surface area contributed by atoms with E-state index in [4.69, 9.17) is 16.3 Å². The first-order chi connectivity index (χ1) is 7.63. The van der Waals surface area contributed by atoms with Gasteiger partial charge in [-0.25, -0.2) is 4.79 Å². The molecule has 0 unspecified atom stereocenters. The number of halogens is 1. The molecule has 16 heavy (non-hydrogen) atoms. The van der Waals surface area contributed by atoms with Gasteiger partial charge in [0.05, 0.1) is 6.61 Å². The number of allylic oxidation sites excluding steroid dienone is 1. The van der Waals surface area contributed by atoms with Gasteiger partial charge in [0, 0.05) is 5.02 Å². The molecule has 0 atom stereocenters. The van der Waals surface area contributed by atoms with E-state index in [1.807, 2.05) is 18.2 Å². The minimum atomic E-state index is -0.705. The molecule has 0 aliphatic rings. The lowest BCUT2D eigenvalue weighted by Gasteiger charge is -2.04. The number of benzene rings is 1.